The lowest BCUT2D eigenvalue weighted by atomic mass is 10.1. The highest BCUT2D eigenvalue weighted by Gasteiger charge is 2.23. The fourth-order valence-corrected chi connectivity index (χ4v) is 4.68. The van der Waals surface area contributed by atoms with Crippen LogP contribution in [0.4, 0.5) is 5.13 Å². The number of carbonyl (C=O) groups excluding carboxylic acids is 1. The molecule has 2 fully saturated rings. The predicted octanol–water partition coefficient (Wildman–Crippen LogP) is 2.27. The molecule has 162 valence electrons. The molecule has 0 radical (unpaired) electrons. The molecular weight excluding hydrogens is 400 g/mol. The molecule has 1 aromatic carbocycles. The number of amides is 1. The first kappa shape index (κ1) is 21.1. The summed E-state index contributed by atoms with van der Waals surface area (Å²) in [5, 5.41) is 3.23. The van der Waals surface area contributed by atoms with Crippen LogP contribution in [0.15, 0.2) is 29.6 Å². The van der Waals surface area contributed by atoms with Crippen LogP contribution in [-0.4, -0.2) is 79.8 Å². The van der Waals surface area contributed by atoms with E-state index in [1.165, 1.54) is 0 Å². The summed E-state index contributed by atoms with van der Waals surface area (Å²) in [5.41, 5.74) is 2.16. The van der Waals surface area contributed by atoms with E-state index >= 15 is 0 Å². The van der Waals surface area contributed by atoms with E-state index in [1.807, 2.05) is 36.1 Å². The zero-order valence-electron chi connectivity index (χ0n) is 17.6. The minimum atomic E-state index is 0.186. The van der Waals surface area contributed by atoms with Crippen LogP contribution in [0.25, 0.3) is 0 Å². The summed E-state index contributed by atoms with van der Waals surface area (Å²) in [7, 11) is 0. The number of aromatic nitrogens is 1. The SMILES string of the molecule is CCOc1ccc(CC(=O)N2CCN(c3nc(CN4CCOCC4)cs3)CC2)cc1. The number of ether oxygens (including phenoxy) is 2. The van der Waals surface area contributed by atoms with Crippen LogP contribution in [-0.2, 0) is 22.5 Å². The highest BCUT2D eigenvalue weighted by Crippen LogP contribution is 2.23. The fourth-order valence-electron chi connectivity index (χ4n) is 3.81. The number of anilines is 1. The molecule has 7 nitrogen and oxygen atoms in total. The maximum Gasteiger partial charge on any atom is 0.227 e. The summed E-state index contributed by atoms with van der Waals surface area (Å²) < 4.78 is 10.9. The Morgan fingerprint density at radius 3 is 2.53 bits per heavy atom. The van der Waals surface area contributed by atoms with Crippen molar-refractivity contribution in [1.82, 2.24) is 14.8 Å². The molecule has 2 aromatic rings. The van der Waals surface area contributed by atoms with Crippen LogP contribution in [0.1, 0.15) is 18.2 Å². The topological polar surface area (TPSA) is 58.1 Å². The van der Waals surface area contributed by atoms with Gasteiger partial charge >= 0.3 is 0 Å². The van der Waals surface area contributed by atoms with Crippen LogP contribution >= 0.6 is 11.3 Å². The van der Waals surface area contributed by atoms with Gasteiger partial charge in [-0.3, -0.25) is 9.69 Å². The van der Waals surface area contributed by atoms with E-state index < -0.39 is 0 Å². The first-order valence-electron chi connectivity index (χ1n) is 10.7. The average Bonchev–Trinajstić information content (AvgIpc) is 3.24. The van der Waals surface area contributed by atoms with Gasteiger partial charge in [-0.1, -0.05) is 12.1 Å². The molecule has 8 heteroatoms. The number of thiazole rings is 1. The van der Waals surface area contributed by atoms with Crippen molar-refractivity contribution in [2.24, 2.45) is 0 Å². The Labute approximate surface area is 182 Å². The third-order valence-corrected chi connectivity index (χ3v) is 6.47. The number of benzene rings is 1. The Morgan fingerprint density at radius 2 is 1.83 bits per heavy atom. The first-order chi connectivity index (χ1) is 14.7. The molecule has 2 aliphatic heterocycles. The van der Waals surface area contributed by atoms with Crippen molar-refractivity contribution >= 4 is 22.4 Å². The van der Waals surface area contributed by atoms with Gasteiger partial charge in [-0.2, -0.15) is 0 Å². The largest absolute Gasteiger partial charge is 0.494 e. The third kappa shape index (κ3) is 5.50. The molecule has 0 bridgehead atoms. The number of carbonyl (C=O) groups is 1. The van der Waals surface area contributed by atoms with E-state index in [0.29, 0.717) is 13.0 Å². The predicted molar refractivity (Wildman–Crippen MR) is 118 cm³/mol. The van der Waals surface area contributed by atoms with E-state index in [9.17, 15) is 4.79 Å². The summed E-state index contributed by atoms with van der Waals surface area (Å²) >= 11 is 1.70. The van der Waals surface area contributed by atoms with Gasteiger partial charge in [0.15, 0.2) is 5.13 Å². The normalized spacial score (nSPS) is 17.9. The quantitative estimate of drug-likeness (QED) is 0.672. The van der Waals surface area contributed by atoms with Gasteiger partial charge in [0.2, 0.25) is 5.91 Å². The molecule has 2 aliphatic rings. The van der Waals surface area contributed by atoms with Crippen molar-refractivity contribution in [3.63, 3.8) is 0 Å². The smallest absolute Gasteiger partial charge is 0.227 e. The van der Waals surface area contributed by atoms with Crippen molar-refractivity contribution in [2.75, 3.05) is 64.0 Å². The minimum absolute atomic E-state index is 0.186. The lowest BCUT2D eigenvalue weighted by Crippen LogP contribution is -2.49. The van der Waals surface area contributed by atoms with E-state index in [0.717, 1.165) is 81.2 Å². The molecular formula is C22H30N4O3S. The zero-order chi connectivity index (χ0) is 20.8. The average molecular weight is 431 g/mol. The van der Waals surface area contributed by atoms with Crippen LogP contribution in [0.3, 0.4) is 0 Å². The number of hydrogen-bond acceptors (Lipinski definition) is 7. The van der Waals surface area contributed by atoms with Gasteiger partial charge in [-0.25, -0.2) is 4.98 Å². The number of morpholine rings is 1. The minimum Gasteiger partial charge on any atom is -0.494 e. The molecule has 4 rings (SSSR count). The molecule has 1 amide bonds. The second-order valence-electron chi connectivity index (χ2n) is 7.63. The van der Waals surface area contributed by atoms with Crippen molar-refractivity contribution < 1.29 is 14.3 Å². The Balaban J connectivity index is 1.24. The molecule has 0 aliphatic carbocycles. The second kappa shape index (κ2) is 10.2. The highest BCUT2D eigenvalue weighted by atomic mass is 32.1. The van der Waals surface area contributed by atoms with Crippen molar-refractivity contribution in [2.45, 2.75) is 19.9 Å². The van der Waals surface area contributed by atoms with Crippen LogP contribution in [0.2, 0.25) is 0 Å². The number of rotatable bonds is 7. The van der Waals surface area contributed by atoms with Gasteiger partial charge in [-0.15, -0.1) is 11.3 Å². The third-order valence-electron chi connectivity index (χ3n) is 5.52. The number of nitrogens with zero attached hydrogens (tertiary/aromatic N) is 4. The van der Waals surface area contributed by atoms with E-state index in [2.05, 4.69) is 15.2 Å². The maximum atomic E-state index is 12.7. The standard InChI is InChI=1S/C22H30N4O3S/c1-2-29-20-5-3-18(4-6-20)15-21(27)25-7-9-26(10-8-25)22-23-19(17-30-22)16-24-11-13-28-14-12-24/h3-6,17H,2,7-16H2,1H3. The Hall–Kier alpha value is -2.16. The maximum absolute atomic E-state index is 12.7. The Kier molecular flexibility index (Phi) is 7.20. The van der Waals surface area contributed by atoms with Crippen molar-refractivity contribution in [3.8, 4) is 5.75 Å². The molecule has 0 atom stereocenters. The van der Waals surface area contributed by atoms with Crippen LogP contribution in [0.5, 0.6) is 5.75 Å². The summed E-state index contributed by atoms with van der Waals surface area (Å²) in [5.74, 6) is 1.03. The summed E-state index contributed by atoms with van der Waals surface area (Å²) in [6.45, 7) is 10.2. The van der Waals surface area contributed by atoms with Gasteiger partial charge in [0, 0.05) is 51.2 Å². The number of hydrogen-bond donors (Lipinski definition) is 0. The van der Waals surface area contributed by atoms with E-state index in [4.69, 9.17) is 14.5 Å². The monoisotopic (exact) mass is 430 g/mol. The molecule has 30 heavy (non-hydrogen) atoms. The molecule has 0 spiro atoms. The fraction of sp³-hybridized carbons (Fsp3) is 0.545. The Bertz CT molecular complexity index is 812. The zero-order valence-corrected chi connectivity index (χ0v) is 18.4. The van der Waals surface area contributed by atoms with Gasteiger partial charge in [-0.05, 0) is 24.6 Å². The first-order valence-corrected chi connectivity index (χ1v) is 11.6. The molecule has 3 heterocycles. The van der Waals surface area contributed by atoms with Gasteiger partial charge in [0.05, 0.1) is 31.9 Å². The highest BCUT2D eigenvalue weighted by molar-refractivity contribution is 7.13. The molecule has 0 unspecified atom stereocenters. The van der Waals surface area contributed by atoms with Crippen molar-refractivity contribution in [3.05, 3.63) is 40.9 Å². The second-order valence-corrected chi connectivity index (χ2v) is 8.47. The molecule has 0 saturated carbocycles. The van der Waals surface area contributed by atoms with Crippen molar-refractivity contribution in [1.29, 1.82) is 0 Å². The summed E-state index contributed by atoms with van der Waals surface area (Å²) in [6, 6.07) is 7.82. The summed E-state index contributed by atoms with van der Waals surface area (Å²) in [4.78, 5) is 24.2. The molecule has 0 N–H and O–H groups in total. The van der Waals surface area contributed by atoms with Crippen LogP contribution in [0, 0.1) is 0 Å². The van der Waals surface area contributed by atoms with Crippen LogP contribution < -0.4 is 9.64 Å². The van der Waals surface area contributed by atoms with Gasteiger partial charge in [0.1, 0.15) is 5.75 Å². The molecule has 2 saturated heterocycles. The lowest BCUT2D eigenvalue weighted by molar-refractivity contribution is -0.130. The molecule has 1 aromatic heterocycles. The number of piperazine rings is 1. The lowest BCUT2D eigenvalue weighted by Gasteiger charge is -2.34. The van der Waals surface area contributed by atoms with E-state index in [-0.39, 0.29) is 5.91 Å². The van der Waals surface area contributed by atoms with Gasteiger partial charge < -0.3 is 19.3 Å². The van der Waals surface area contributed by atoms with Gasteiger partial charge in [0.25, 0.3) is 0 Å². The Morgan fingerprint density at radius 1 is 1.10 bits per heavy atom. The van der Waals surface area contributed by atoms with E-state index in [1.54, 1.807) is 11.3 Å². The summed E-state index contributed by atoms with van der Waals surface area (Å²) in [6.07, 6.45) is 0.438.